The van der Waals surface area contributed by atoms with Gasteiger partial charge in [0, 0.05) is 18.1 Å². The maximum absolute atomic E-state index is 13.6. The zero-order valence-electron chi connectivity index (χ0n) is 16.2. The Balaban J connectivity index is 2.73. The van der Waals surface area contributed by atoms with Gasteiger partial charge in [0.15, 0.2) is 5.78 Å². The molecule has 0 aromatic heterocycles. The molecule has 0 saturated carbocycles. The minimum atomic E-state index is -3.46. The van der Waals surface area contributed by atoms with Gasteiger partial charge < -0.3 is 9.47 Å². The number of hydrogen-bond donors (Lipinski definition) is 0. The van der Waals surface area contributed by atoms with Crippen molar-refractivity contribution in [3.63, 3.8) is 0 Å². The molecule has 0 bridgehead atoms. The third-order valence-electron chi connectivity index (χ3n) is 4.96. The first-order chi connectivity index (χ1) is 12.8. The van der Waals surface area contributed by atoms with Crippen LogP contribution in [-0.4, -0.2) is 65.3 Å². The number of carbonyl (C=O) groups excluding carboxylic acids is 2. The molecule has 8 nitrogen and oxygen atoms in total. The Labute approximate surface area is 165 Å². The van der Waals surface area contributed by atoms with Crippen LogP contribution in [0.1, 0.15) is 25.3 Å². The monoisotopic (exact) mass is 432 g/mol. The quantitative estimate of drug-likeness (QED) is 0.456. The molecular weight excluding hydrogens is 408 g/mol. The second kappa shape index (κ2) is 7.47. The van der Waals surface area contributed by atoms with E-state index in [-0.39, 0.29) is 30.1 Å². The van der Waals surface area contributed by atoms with Crippen molar-refractivity contribution in [3.05, 3.63) is 29.8 Å². The highest BCUT2D eigenvalue weighted by molar-refractivity contribution is 7.90. The molecule has 0 fully saturated rings. The van der Waals surface area contributed by atoms with Gasteiger partial charge in [0.1, 0.15) is 25.4 Å². The van der Waals surface area contributed by atoms with Gasteiger partial charge in [-0.1, -0.05) is 18.2 Å². The highest BCUT2D eigenvalue weighted by Gasteiger charge is 2.59. The Morgan fingerprint density at radius 2 is 1.54 bits per heavy atom. The zero-order valence-corrected chi connectivity index (χ0v) is 17.9. The Hall–Kier alpha value is -1.94. The van der Waals surface area contributed by atoms with E-state index in [1.807, 2.05) is 0 Å². The Morgan fingerprint density at radius 3 is 2.00 bits per heavy atom. The highest BCUT2D eigenvalue weighted by Crippen LogP contribution is 2.47. The summed E-state index contributed by atoms with van der Waals surface area (Å²) < 4.78 is 57.8. The third kappa shape index (κ3) is 4.38. The largest absolute Gasteiger partial charge is 0.468 e. The number of para-hydroxylation sites is 1. The lowest BCUT2D eigenvalue weighted by atomic mass is 9.66. The van der Waals surface area contributed by atoms with Crippen molar-refractivity contribution in [3.8, 4) is 5.75 Å². The Morgan fingerprint density at radius 1 is 1.04 bits per heavy atom. The van der Waals surface area contributed by atoms with E-state index in [2.05, 4.69) is 0 Å². The van der Waals surface area contributed by atoms with Crippen LogP contribution in [0.4, 0.5) is 0 Å². The zero-order chi connectivity index (χ0) is 21.4. The summed E-state index contributed by atoms with van der Waals surface area (Å²) in [7, 11) is -5.82. The standard InChI is InChI=1S/C18H24O8S2/c1-17(16(20)25-2)15(19)18(9-11-27(3,21)22,10-12-28(4,23)24)13-7-5-6-8-14(13)26-17/h5-8H,9-12H2,1-4H3. The number of rotatable bonds is 7. The fourth-order valence-electron chi connectivity index (χ4n) is 3.47. The predicted octanol–water partition coefficient (Wildman–Crippen LogP) is 0.687. The summed E-state index contributed by atoms with van der Waals surface area (Å²) in [5, 5.41) is 0. The van der Waals surface area contributed by atoms with Crippen LogP contribution in [0.5, 0.6) is 5.75 Å². The number of ether oxygens (including phenoxy) is 2. The summed E-state index contributed by atoms with van der Waals surface area (Å²) >= 11 is 0. The van der Waals surface area contributed by atoms with Crippen molar-refractivity contribution in [1.82, 2.24) is 0 Å². The maximum Gasteiger partial charge on any atom is 0.357 e. The second-order valence-electron chi connectivity index (χ2n) is 7.29. The van der Waals surface area contributed by atoms with Crippen LogP contribution in [-0.2, 0) is 39.4 Å². The average Bonchev–Trinajstić information content (AvgIpc) is 2.59. The summed E-state index contributed by atoms with van der Waals surface area (Å²) in [6.07, 6.45) is 1.72. The topological polar surface area (TPSA) is 121 Å². The lowest BCUT2D eigenvalue weighted by Crippen LogP contribution is -2.61. The number of fused-ring (bicyclic) bond motifs is 1. The van der Waals surface area contributed by atoms with Crippen LogP contribution in [0.2, 0.25) is 0 Å². The molecule has 1 unspecified atom stereocenters. The molecule has 0 N–H and O–H groups in total. The number of hydrogen-bond acceptors (Lipinski definition) is 8. The molecule has 1 heterocycles. The molecule has 1 aromatic rings. The molecule has 0 spiro atoms. The average molecular weight is 433 g/mol. The molecule has 0 radical (unpaired) electrons. The molecule has 0 amide bonds. The van der Waals surface area contributed by atoms with Crippen molar-refractivity contribution in [1.29, 1.82) is 0 Å². The Kier molecular flexibility index (Phi) is 5.96. The van der Waals surface area contributed by atoms with E-state index in [1.165, 1.54) is 6.92 Å². The van der Waals surface area contributed by atoms with Crippen molar-refractivity contribution in [2.45, 2.75) is 30.8 Å². The predicted molar refractivity (Wildman–Crippen MR) is 103 cm³/mol. The fraction of sp³-hybridized carbons (Fsp3) is 0.556. The highest BCUT2D eigenvalue weighted by atomic mass is 32.2. The van der Waals surface area contributed by atoms with Crippen molar-refractivity contribution < 1.29 is 35.9 Å². The molecule has 1 aliphatic rings. The molecule has 1 aromatic carbocycles. The first-order valence-electron chi connectivity index (χ1n) is 8.52. The summed E-state index contributed by atoms with van der Waals surface area (Å²) in [6.45, 7) is 1.26. The number of esters is 1. The van der Waals surface area contributed by atoms with Crippen LogP contribution >= 0.6 is 0 Å². The lowest BCUT2D eigenvalue weighted by Gasteiger charge is -2.44. The number of benzene rings is 1. The van der Waals surface area contributed by atoms with Crippen LogP contribution < -0.4 is 4.74 Å². The van der Waals surface area contributed by atoms with Gasteiger partial charge in [-0.15, -0.1) is 0 Å². The van der Waals surface area contributed by atoms with E-state index < -0.39 is 42.4 Å². The number of methoxy groups -OCH3 is 1. The van der Waals surface area contributed by atoms with Crippen LogP contribution in [0.15, 0.2) is 24.3 Å². The molecule has 2 rings (SSSR count). The molecule has 28 heavy (non-hydrogen) atoms. The van der Waals surface area contributed by atoms with Crippen LogP contribution in [0.25, 0.3) is 0 Å². The van der Waals surface area contributed by atoms with E-state index in [4.69, 9.17) is 9.47 Å². The van der Waals surface area contributed by atoms with Gasteiger partial charge in [-0.3, -0.25) is 4.79 Å². The molecule has 0 aliphatic carbocycles. The molecule has 0 saturated heterocycles. The van der Waals surface area contributed by atoms with Gasteiger partial charge in [0.2, 0.25) is 0 Å². The third-order valence-corrected chi connectivity index (χ3v) is 6.85. The summed E-state index contributed by atoms with van der Waals surface area (Å²) in [5.74, 6) is -2.13. The maximum atomic E-state index is 13.6. The van der Waals surface area contributed by atoms with E-state index >= 15 is 0 Å². The Bertz CT molecular complexity index is 958. The summed E-state index contributed by atoms with van der Waals surface area (Å²) in [6, 6.07) is 6.43. The smallest absolute Gasteiger partial charge is 0.357 e. The van der Waals surface area contributed by atoms with Gasteiger partial charge in [0.25, 0.3) is 5.60 Å². The van der Waals surface area contributed by atoms with Gasteiger partial charge in [-0.25, -0.2) is 21.6 Å². The van der Waals surface area contributed by atoms with Gasteiger partial charge >= 0.3 is 5.97 Å². The van der Waals surface area contributed by atoms with E-state index in [9.17, 15) is 26.4 Å². The molecule has 10 heteroatoms. The molecule has 156 valence electrons. The van der Waals surface area contributed by atoms with Crippen LogP contribution in [0.3, 0.4) is 0 Å². The molecular formula is C18H24O8S2. The first-order valence-corrected chi connectivity index (χ1v) is 12.6. The van der Waals surface area contributed by atoms with Crippen molar-refractivity contribution >= 4 is 31.4 Å². The van der Waals surface area contributed by atoms with Gasteiger partial charge in [0.05, 0.1) is 24.0 Å². The lowest BCUT2D eigenvalue weighted by molar-refractivity contribution is -0.167. The van der Waals surface area contributed by atoms with E-state index in [0.717, 1.165) is 19.6 Å². The van der Waals surface area contributed by atoms with E-state index in [0.29, 0.717) is 5.56 Å². The van der Waals surface area contributed by atoms with Crippen LogP contribution in [0, 0.1) is 0 Å². The van der Waals surface area contributed by atoms with Crippen molar-refractivity contribution in [2.24, 2.45) is 0 Å². The minimum absolute atomic E-state index is 0.173. The number of carbonyl (C=O) groups is 2. The number of sulfone groups is 2. The number of Topliss-reactive ketones (excluding diaryl/α,β-unsaturated/α-hetero) is 1. The normalized spacial score (nSPS) is 21.5. The molecule has 1 atom stereocenters. The van der Waals surface area contributed by atoms with Gasteiger partial charge in [-0.05, 0) is 25.8 Å². The first kappa shape index (κ1) is 22.4. The fourth-order valence-corrected chi connectivity index (χ4v) is 4.90. The second-order valence-corrected chi connectivity index (χ2v) is 11.8. The summed E-state index contributed by atoms with van der Waals surface area (Å²) in [4.78, 5) is 25.9. The molecule has 1 aliphatic heterocycles. The minimum Gasteiger partial charge on any atom is -0.468 e. The number of ketones is 1. The SMILES string of the molecule is COC(=O)C1(C)Oc2ccccc2C(CCS(C)(=O)=O)(CCS(C)(=O)=O)C1=O. The van der Waals surface area contributed by atoms with Crippen molar-refractivity contribution in [2.75, 3.05) is 31.1 Å². The van der Waals surface area contributed by atoms with Gasteiger partial charge in [-0.2, -0.15) is 0 Å². The summed E-state index contributed by atoms with van der Waals surface area (Å²) in [5.41, 5.74) is -3.17. The van der Waals surface area contributed by atoms with E-state index in [1.54, 1.807) is 24.3 Å².